The highest BCUT2D eigenvalue weighted by Crippen LogP contribution is 2.18. The Morgan fingerprint density at radius 2 is 2.00 bits per heavy atom. The second-order valence-corrected chi connectivity index (χ2v) is 5.68. The molecule has 1 heterocycles. The molecule has 0 aromatic heterocycles. The van der Waals surface area contributed by atoms with Gasteiger partial charge in [0, 0.05) is 13.0 Å². The van der Waals surface area contributed by atoms with Crippen molar-refractivity contribution in [2.24, 2.45) is 11.7 Å². The summed E-state index contributed by atoms with van der Waals surface area (Å²) >= 11 is 0. The summed E-state index contributed by atoms with van der Waals surface area (Å²) < 4.78 is 0. The Hall–Kier alpha value is -1.67. The van der Waals surface area contributed by atoms with Crippen molar-refractivity contribution < 1.29 is 24.6 Å². The highest BCUT2D eigenvalue weighted by Gasteiger charge is 2.39. The van der Waals surface area contributed by atoms with Crippen LogP contribution in [0.15, 0.2) is 0 Å². The zero-order chi connectivity index (χ0) is 16.2. The molecule has 1 saturated heterocycles. The first-order valence-corrected chi connectivity index (χ1v) is 6.97. The third-order valence-corrected chi connectivity index (χ3v) is 3.40. The minimum atomic E-state index is -1.12. The van der Waals surface area contributed by atoms with Crippen LogP contribution in [-0.2, 0) is 14.4 Å². The van der Waals surface area contributed by atoms with Crippen molar-refractivity contribution in [3.05, 3.63) is 0 Å². The summed E-state index contributed by atoms with van der Waals surface area (Å²) in [5.41, 5.74) is 5.28. The van der Waals surface area contributed by atoms with E-state index < -0.39 is 36.0 Å². The number of aliphatic carboxylic acids is 1. The lowest BCUT2D eigenvalue weighted by Gasteiger charge is -2.25. The largest absolute Gasteiger partial charge is 0.480 e. The maximum Gasteiger partial charge on any atom is 0.326 e. The summed E-state index contributed by atoms with van der Waals surface area (Å²) in [4.78, 5) is 36.2. The van der Waals surface area contributed by atoms with Gasteiger partial charge < -0.3 is 26.2 Å². The van der Waals surface area contributed by atoms with E-state index in [1.165, 1.54) is 4.90 Å². The number of carbonyl (C=O) groups is 3. The molecule has 8 heteroatoms. The number of β-amino-alcohol motifs (C(OH)–C–C–N with tert-alkyl or cyclic N) is 1. The van der Waals surface area contributed by atoms with Crippen molar-refractivity contribution in [1.82, 2.24) is 10.2 Å². The van der Waals surface area contributed by atoms with E-state index in [0.29, 0.717) is 6.42 Å². The van der Waals surface area contributed by atoms with E-state index in [4.69, 9.17) is 10.8 Å². The van der Waals surface area contributed by atoms with Gasteiger partial charge in [0.1, 0.15) is 12.1 Å². The van der Waals surface area contributed by atoms with Crippen LogP contribution in [0.25, 0.3) is 0 Å². The Morgan fingerprint density at radius 3 is 2.48 bits per heavy atom. The van der Waals surface area contributed by atoms with Crippen LogP contribution < -0.4 is 11.1 Å². The summed E-state index contributed by atoms with van der Waals surface area (Å²) in [6.07, 6.45) is -0.420. The lowest BCUT2D eigenvalue weighted by atomic mass is 10.0. The molecule has 1 fully saturated rings. The van der Waals surface area contributed by atoms with E-state index in [1.807, 2.05) is 13.8 Å². The zero-order valence-electron chi connectivity index (χ0n) is 12.3. The predicted octanol–water partition coefficient (Wildman–Crippen LogP) is -1.48. The molecule has 0 spiro atoms. The number of aliphatic hydroxyl groups excluding tert-OH is 1. The molecule has 3 atom stereocenters. The first-order valence-electron chi connectivity index (χ1n) is 6.97. The Labute approximate surface area is 123 Å². The van der Waals surface area contributed by atoms with Crippen LogP contribution in [-0.4, -0.2) is 64.2 Å². The predicted molar refractivity (Wildman–Crippen MR) is 74.2 cm³/mol. The minimum Gasteiger partial charge on any atom is -0.480 e. The van der Waals surface area contributed by atoms with Crippen molar-refractivity contribution in [3.63, 3.8) is 0 Å². The Bertz CT molecular complexity index is 413. The van der Waals surface area contributed by atoms with Crippen molar-refractivity contribution >= 4 is 17.8 Å². The van der Waals surface area contributed by atoms with Crippen LogP contribution >= 0.6 is 0 Å². The highest BCUT2D eigenvalue weighted by molar-refractivity contribution is 5.91. The molecule has 8 nitrogen and oxygen atoms in total. The molecule has 5 N–H and O–H groups in total. The van der Waals surface area contributed by atoms with Gasteiger partial charge in [0.25, 0.3) is 0 Å². The number of carboxylic acids is 1. The van der Waals surface area contributed by atoms with E-state index >= 15 is 0 Å². The number of nitrogens with two attached hydrogens (primary N) is 1. The van der Waals surface area contributed by atoms with Crippen LogP contribution in [0.3, 0.4) is 0 Å². The molecule has 1 aliphatic heterocycles. The van der Waals surface area contributed by atoms with Gasteiger partial charge in [0.15, 0.2) is 0 Å². The Morgan fingerprint density at radius 1 is 1.38 bits per heavy atom. The molecular formula is C13H23N3O5. The van der Waals surface area contributed by atoms with Gasteiger partial charge in [-0.3, -0.25) is 9.59 Å². The van der Waals surface area contributed by atoms with Crippen molar-refractivity contribution in [1.29, 1.82) is 0 Å². The SMILES string of the molecule is CC(C)C[C@H](NC(=O)[C@@H]1C[C@@H](O)CN1C(=O)CN)C(=O)O. The smallest absolute Gasteiger partial charge is 0.326 e. The number of hydrogen-bond acceptors (Lipinski definition) is 5. The molecule has 1 aliphatic rings. The second kappa shape index (κ2) is 7.37. The number of carbonyl (C=O) groups excluding carboxylic acids is 2. The molecule has 0 aromatic rings. The topological polar surface area (TPSA) is 133 Å². The summed E-state index contributed by atoms with van der Waals surface area (Å²) in [5, 5.41) is 21.2. The normalized spacial score (nSPS) is 23.2. The number of likely N-dealkylation sites (tertiary alicyclic amines) is 1. The van der Waals surface area contributed by atoms with E-state index in [0.717, 1.165) is 0 Å². The standard InChI is InChI=1S/C13H23N3O5/c1-7(2)3-9(13(20)21)15-12(19)10-4-8(17)6-16(10)11(18)5-14/h7-10,17H,3-6,14H2,1-2H3,(H,15,19)(H,20,21)/t8-,9+,10+/m1/s1. The van der Waals surface area contributed by atoms with Crippen LogP contribution in [0, 0.1) is 5.92 Å². The summed E-state index contributed by atoms with van der Waals surface area (Å²) in [7, 11) is 0. The summed E-state index contributed by atoms with van der Waals surface area (Å²) in [6, 6.07) is -1.88. The van der Waals surface area contributed by atoms with Gasteiger partial charge in [-0.1, -0.05) is 13.8 Å². The third-order valence-electron chi connectivity index (χ3n) is 3.40. The van der Waals surface area contributed by atoms with Gasteiger partial charge in [0.05, 0.1) is 12.6 Å². The number of rotatable bonds is 6. The van der Waals surface area contributed by atoms with E-state index in [-0.39, 0.29) is 25.4 Å². The molecule has 0 bridgehead atoms. The fraction of sp³-hybridized carbons (Fsp3) is 0.769. The molecule has 0 radical (unpaired) electrons. The number of carboxylic acid groups (broad SMARTS) is 1. The monoisotopic (exact) mass is 301 g/mol. The van der Waals surface area contributed by atoms with Gasteiger partial charge in [0.2, 0.25) is 11.8 Å². The molecule has 21 heavy (non-hydrogen) atoms. The third kappa shape index (κ3) is 4.68. The first-order chi connectivity index (χ1) is 9.76. The van der Waals surface area contributed by atoms with Crippen LogP contribution in [0.2, 0.25) is 0 Å². The number of aliphatic hydroxyl groups is 1. The molecule has 0 saturated carbocycles. The van der Waals surface area contributed by atoms with Gasteiger partial charge in [-0.15, -0.1) is 0 Å². The van der Waals surface area contributed by atoms with E-state index in [1.54, 1.807) is 0 Å². The van der Waals surface area contributed by atoms with Crippen LogP contribution in [0.1, 0.15) is 26.7 Å². The molecule has 120 valence electrons. The Kier molecular flexibility index (Phi) is 6.10. The number of nitrogens with zero attached hydrogens (tertiary/aromatic N) is 1. The second-order valence-electron chi connectivity index (χ2n) is 5.68. The number of amides is 2. The molecule has 0 unspecified atom stereocenters. The van der Waals surface area contributed by atoms with Gasteiger partial charge in [-0.05, 0) is 12.3 Å². The quantitative estimate of drug-likeness (QED) is 0.473. The average Bonchev–Trinajstić information content (AvgIpc) is 2.78. The van der Waals surface area contributed by atoms with Gasteiger partial charge in [-0.2, -0.15) is 0 Å². The molecular weight excluding hydrogens is 278 g/mol. The lowest BCUT2D eigenvalue weighted by molar-refractivity contribution is -0.144. The molecule has 1 rings (SSSR count). The molecule has 0 aromatic carbocycles. The van der Waals surface area contributed by atoms with Crippen molar-refractivity contribution in [2.75, 3.05) is 13.1 Å². The molecule has 0 aliphatic carbocycles. The van der Waals surface area contributed by atoms with E-state index in [9.17, 15) is 19.5 Å². The van der Waals surface area contributed by atoms with E-state index in [2.05, 4.69) is 5.32 Å². The maximum absolute atomic E-state index is 12.2. The zero-order valence-corrected chi connectivity index (χ0v) is 12.3. The van der Waals surface area contributed by atoms with Crippen molar-refractivity contribution in [2.45, 2.75) is 44.9 Å². The lowest BCUT2D eigenvalue weighted by Crippen LogP contribution is -2.52. The van der Waals surface area contributed by atoms with Gasteiger partial charge >= 0.3 is 5.97 Å². The average molecular weight is 301 g/mol. The number of hydrogen-bond donors (Lipinski definition) is 4. The van der Waals surface area contributed by atoms with Crippen LogP contribution in [0.5, 0.6) is 0 Å². The fourth-order valence-corrected chi connectivity index (χ4v) is 2.42. The first kappa shape index (κ1) is 17.4. The maximum atomic E-state index is 12.2. The highest BCUT2D eigenvalue weighted by atomic mass is 16.4. The fourth-order valence-electron chi connectivity index (χ4n) is 2.42. The summed E-state index contributed by atoms with van der Waals surface area (Å²) in [5.74, 6) is -2.03. The minimum absolute atomic E-state index is 0.0377. The molecule has 2 amide bonds. The van der Waals surface area contributed by atoms with Crippen molar-refractivity contribution in [3.8, 4) is 0 Å². The summed E-state index contributed by atoms with van der Waals surface area (Å²) in [6.45, 7) is 3.48. The van der Waals surface area contributed by atoms with Gasteiger partial charge in [-0.25, -0.2) is 4.79 Å². The Balaban J connectivity index is 2.76. The number of nitrogens with one attached hydrogen (secondary N) is 1. The van der Waals surface area contributed by atoms with Crippen LogP contribution in [0.4, 0.5) is 0 Å².